The Labute approximate surface area is 215 Å². The van der Waals surface area contributed by atoms with Crippen LogP contribution in [0, 0.1) is 26.6 Å². The molecular weight excluding hydrogens is 475 g/mol. The van der Waals surface area contributed by atoms with Crippen molar-refractivity contribution in [3.63, 3.8) is 0 Å². The number of benzene rings is 3. The first kappa shape index (κ1) is 25.1. The minimum Gasteiger partial charge on any atom is -0.492 e. The van der Waals surface area contributed by atoms with Gasteiger partial charge in [-0.15, -0.1) is 0 Å². The zero-order valence-corrected chi connectivity index (χ0v) is 21.3. The molecule has 194 valence electrons. The van der Waals surface area contributed by atoms with Crippen molar-refractivity contribution in [1.29, 1.82) is 0 Å². The fraction of sp³-hybridized carbons (Fsp3) is 0.367. The zero-order valence-electron chi connectivity index (χ0n) is 21.3. The minimum absolute atomic E-state index is 0.0192. The van der Waals surface area contributed by atoms with Gasteiger partial charge in [-0.25, -0.2) is 4.39 Å². The molecule has 37 heavy (non-hydrogen) atoms. The van der Waals surface area contributed by atoms with Gasteiger partial charge in [-0.2, -0.15) is 0 Å². The third kappa shape index (κ3) is 5.27. The maximum absolute atomic E-state index is 14.9. The second kappa shape index (κ2) is 10.4. The molecule has 0 spiro atoms. The number of fused-ring (bicyclic) bond motifs is 1. The summed E-state index contributed by atoms with van der Waals surface area (Å²) in [6, 6.07) is 12.7. The Hall–Kier alpha value is -3.58. The van der Waals surface area contributed by atoms with Crippen LogP contribution in [0.25, 0.3) is 11.1 Å². The van der Waals surface area contributed by atoms with Crippen LogP contribution in [0.4, 0.5) is 4.39 Å². The molecule has 2 aliphatic heterocycles. The minimum atomic E-state index is -0.858. The Morgan fingerprint density at radius 1 is 1.05 bits per heavy atom. The first-order valence-electron chi connectivity index (χ1n) is 12.6. The Morgan fingerprint density at radius 2 is 1.84 bits per heavy atom. The number of rotatable bonds is 8. The van der Waals surface area contributed by atoms with Crippen molar-refractivity contribution in [2.24, 2.45) is 0 Å². The van der Waals surface area contributed by atoms with Gasteiger partial charge < -0.3 is 24.1 Å². The molecule has 0 radical (unpaired) electrons. The number of carboxylic acids is 1. The number of hydrogen-bond acceptors (Lipinski definition) is 5. The van der Waals surface area contributed by atoms with Crippen molar-refractivity contribution in [1.82, 2.24) is 0 Å². The van der Waals surface area contributed by atoms with Crippen LogP contribution in [0.3, 0.4) is 0 Å². The standard InChI is InChI=1S/C30H31FO6/c1-17-10-23(37-22-8-9-34-15-22)11-18(2)30(17)24-6-7-27(31)26(19(24)3)16-35-21-4-5-25-20(12-29(32)33)14-36-28(25)13-21/h4-7,10-11,13,20,22H,8-9,12,14-16H2,1-3H3,(H,32,33)/t20-,22+/m1/s1. The van der Waals surface area contributed by atoms with Gasteiger partial charge in [0.05, 0.1) is 26.2 Å². The highest BCUT2D eigenvalue weighted by atomic mass is 19.1. The van der Waals surface area contributed by atoms with Crippen LogP contribution >= 0.6 is 0 Å². The first-order chi connectivity index (χ1) is 17.8. The van der Waals surface area contributed by atoms with E-state index in [1.165, 1.54) is 6.07 Å². The number of carbonyl (C=O) groups is 1. The highest BCUT2D eigenvalue weighted by Crippen LogP contribution is 2.39. The SMILES string of the molecule is Cc1cc(O[C@H]2CCOC2)cc(C)c1-c1ccc(F)c(COc2ccc3c(c2)OC[C@H]3CC(=O)O)c1C. The summed E-state index contributed by atoms with van der Waals surface area (Å²) in [4.78, 5) is 11.1. The number of halogens is 1. The molecule has 1 N–H and O–H groups in total. The summed E-state index contributed by atoms with van der Waals surface area (Å²) < 4.78 is 38.1. The Bertz CT molecular complexity index is 1300. The summed E-state index contributed by atoms with van der Waals surface area (Å²) in [7, 11) is 0. The van der Waals surface area contributed by atoms with E-state index in [4.69, 9.17) is 24.1 Å². The molecule has 3 aromatic rings. The largest absolute Gasteiger partial charge is 0.492 e. The van der Waals surface area contributed by atoms with E-state index >= 15 is 0 Å². The highest BCUT2D eigenvalue weighted by molar-refractivity contribution is 5.75. The van der Waals surface area contributed by atoms with E-state index in [0.29, 0.717) is 30.3 Å². The maximum atomic E-state index is 14.9. The predicted octanol–water partition coefficient (Wildman–Crippen LogP) is 6.12. The average molecular weight is 507 g/mol. The maximum Gasteiger partial charge on any atom is 0.304 e. The summed E-state index contributed by atoms with van der Waals surface area (Å²) >= 11 is 0. The lowest BCUT2D eigenvalue weighted by atomic mass is 9.90. The summed E-state index contributed by atoms with van der Waals surface area (Å²) in [6.45, 7) is 7.73. The molecule has 5 rings (SSSR count). The first-order valence-corrected chi connectivity index (χ1v) is 12.6. The number of hydrogen-bond donors (Lipinski definition) is 1. The molecule has 0 bridgehead atoms. The summed E-state index contributed by atoms with van der Waals surface area (Å²) in [5, 5.41) is 9.10. The van der Waals surface area contributed by atoms with Gasteiger partial charge in [-0.3, -0.25) is 4.79 Å². The second-order valence-electron chi connectivity index (χ2n) is 9.83. The van der Waals surface area contributed by atoms with Crippen LogP contribution in [0.1, 0.15) is 46.6 Å². The Balaban J connectivity index is 1.36. The van der Waals surface area contributed by atoms with Crippen LogP contribution in [0.5, 0.6) is 17.2 Å². The lowest BCUT2D eigenvalue weighted by molar-refractivity contribution is -0.137. The lowest BCUT2D eigenvalue weighted by Gasteiger charge is -2.19. The van der Waals surface area contributed by atoms with Crippen LogP contribution < -0.4 is 14.2 Å². The fourth-order valence-corrected chi connectivity index (χ4v) is 5.27. The van der Waals surface area contributed by atoms with Crippen LogP contribution in [-0.2, 0) is 16.1 Å². The smallest absolute Gasteiger partial charge is 0.304 e. The quantitative estimate of drug-likeness (QED) is 0.397. The lowest BCUT2D eigenvalue weighted by Crippen LogP contribution is -2.15. The van der Waals surface area contributed by atoms with Crippen molar-refractivity contribution in [2.45, 2.75) is 52.2 Å². The van der Waals surface area contributed by atoms with E-state index in [2.05, 4.69) is 0 Å². The molecule has 1 saturated heterocycles. The molecule has 0 aromatic heterocycles. The van der Waals surface area contributed by atoms with E-state index in [-0.39, 0.29) is 30.9 Å². The molecule has 3 aromatic carbocycles. The van der Waals surface area contributed by atoms with Gasteiger partial charge in [-0.1, -0.05) is 12.1 Å². The van der Waals surface area contributed by atoms with E-state index < -0.39 is 5.97 Å². The molecule has 2 atom stereocenters. The molecule has 7 heteroatoms. The van der Waals surface area contributed by atoms with E-state index in [0.717, 1.165) is 52.2 Å². The molecular formula is C30H31FO6. The molecule has 2 aliphatic rings. The average Bonchev–Trinajstić information content (AvgIpc) is 3.49. The van der Waals surface area contributed by atoms with E-state index in [9.17, 15) is 9.18 Å². The van der Waals surface area contributed by atoms with Crippen molar-refractivity contribution < 1.29 is 33.2 Å². The summed E-state index contributed by atoms with van der Waals surface area (Å²) in [5.41, 5.74) is 6.30. The predicted molar refractivity (Wildman–Crippen MR) is 137 cm³/mol. The van der Waals surface area contributed by atoms with Crippen molar-refractivity contribution in [2.75, 3.05) is 19.8 Å². The third-order valence-electron chi connectivity index (χ3n) is 7.18. The Morgan fingerprint density at radius 3 is 2.54 bits per heavy atom. The van der Waals surface area contributed by atoms with Gasteiger partial charge in [0.2, 0.25) is 0 Å². The van der Waals surface area contributed by atoms with Gasteiger partial charge in [0.15, 0.2) is 0 Å². The zero-order chi connectivity index (χ0) is 26.1. The van der Waals surface area contributed by atoms with Crippen LogP contribution in [0.2, 0.25) is 0 Å². The molecule has 0 saturated carbocycles. The van der Waals surface area contributed by atoms with E-state index in [1.54, 1.807) is 12.1 Å². The summed E-state index contributed by atoms with van der Waals surface area (Å²) in [6.07, 6.45) is 0.985. The van der Waals surface area contributed by atoms with Gasteiger partial charge in [-0.05, 0) is 72.9 Å². The molecule has 6 nitrogen and oxygen atoms in total. The topological polar surface area (TPSA) is 74.2 Å². The molecule has 0 unspecified atom stereocenters. The Kier molecular flexibility index (Phi) is 7.07. The van der Waals surface area contributed by atoms with Gasteiger partial charge in [0.1, 0.15) is 35.8 Å². The van der Waals surface area contributed by atoms with Gasteiger partial charge in [0.25, 0.3) is 0 Å². The van der Waals surface area contributed by atoms with E-state index in [1.807, 2.05) is 45.0 Å². The highest BCUT2D eigenvalue weighted by Gasteiger charge is 2.27. The molecule has 1 fully saturated rings. The molecule has 0 aliphatic carbocycles. The number of carboxylic acid groups (broad SMARTS) is 1. The van der Waals surface area contributed by atoms with Crippen molar-refractivity contribution >= 4 is 5.97 Å². The van der Waals surface area contributed by atoms with Crippen molar-refractivity contribution in [3.8, 4) is 28.4 Å². The number of ether oxygens (including phenoxy) is 4. The monoisotopic (exact) mass is 506 g/mol. The fourth-order valence-electron chi connectivity index (χ4n) is 5.27. The molecule has 2 heterocycles. The normalized spacial score (nSPS) is 18.4. The van der Waals surface area contributed by atoms with Crippen LogP contribution in [0.15, 0.2) is 42.5 Å². The van der Waals surface area contributed by atoms with Gasteiger partial charge in [0, 0.05) is 29.5 Å². The van der Waals surface area contributed by atoms with Crippen LogP contribution in [-0.4, -0.2) is 37.0 Å². The van der Waals surface area contributed by atoms with Gasteiger partial charge >= 0.3 is 5.97 Å². The summed E-state index contributed by atoms with van der Waals surface area (Å²) in [5.74, 6) is 0.631. The number of aryl methyl sites for hydroxylation is 2. The number of aliphatic carboxylic acids is 1. The second-order valence-corrected chi connectivity index (χ2v) is 9.83. The molecule has 0 amide bonds. The third-order valence-corrected chi connectivity index (χ3v) is 7.18. The van der Waals surface area contributed by atoms with Crippen molar-refractivity contribution in [3.05, 3.63) is 76.1 Å².